The van der Waals surface area contributed by atoms with Gasteiger partial charge in [0.25, 0.3) is 0 Å². The Morgan fingerprint density at radius 1 is 1.17 bits per heavy atom. The quantitative estimate of drug-likeness (QED) is 0.867. The molecule has 0 radical (unpaired) electrons. The second-order valence-electron chi connectivity index (χ2n) is 6.84. The number of rotatable bonds is 3. The molecule has 1 atom stereocenters. The summed E-state index contributed by atoms with van der Waals surface area (Å²) in [5.41, 5.74) is 1.75. The monoisotopic (exact) mass is 250 g/mol. The highest BCUT2D eigenvalue weighted by Gasteiger charge is 2.18. The molecule has 18 heavy (non-hydrogen) atoms. The van der Waals surface area contributed by atoms with Crippen molar-refractivity contribution in [2.24, 2.45) is 0 Å². The average Bonchev–Trinajstić information content (AvgIpc) is 2.24. The Balaban J connectivity index is 2.78. The summed E-state index contributed by atoms with van der Waals surface area (Å²) >= 11 is 0. The molecule has 0 saturated carbocycles. The van der Waals surface area contributed by atoms with Gasteiger partial charge in [-0.25, -0.2) is 0 Å². The molecule has 1 aromatic rings. The minimum atomic E-state index is -0.563. The van der Waals surface area contributed by atoms with Crippen LogP contribution in [0.3, 0.4) is 0 Å². The zero-order valence-electron chi connectivity index (χ0n) is 12.4. The van der Waals surface area contributed by atoms with Gasteiger partial charge in [-0.1, -0.05) is 26.8 Å². The summed E-state index contributed by atoms with van der Waals surface area (Å²) in [6.45, 7) is 13.1. The third-order valence-electron chi connectivity index (χ3n) is 2.71. The largest absolute Gasteiger partial charge is 0.385 e. The third-order valence-corrected chi connectivity index (χ3v) is 2.71. The highest BCUT2D eigenvalue weighted by molar-refractivity contribution is 5.19. The first-order valence-corrected chi connectivity index (χ1v) is 6.50. The Hall–Kier alpha value is -0.930. The van der Waals surface area contributed by atoms with Crippen molar-refractivity contribution in [2.45, 2.75) is 58.6 Å². The van der Waals surface area contributed by atoms with E-state index >= 15 is 0 Å². The lowest BCUT2D eigenvalue weighted by molar-refractivity contribution is 0.158. The van der Waals surface area contributed by atoms with Crippen molar-refractivity contribution < 1.29 is 5.11 Å². The van der Waals surface area contributed by atoms with Crippen molar-refractivity contribution in [2.75, 3.05) is 6.54 Å². The fourth-order valence-electron chi connectivity index (χ4n) is 1.56. The summed E-state index contributed by atoms with van der Waals surface area (Å²) in [4.78, 5) is 4.55. The van der Waals surface area contributed by atoms with E-state index in [1.165, 1.54) is 0 Å². The van der Waals surface area contributed by atoms with Crippen LogP contribution in [0.1, 0.15) is 59.0 Å². The molecule has 0 aliphatic carbocycles. The van der Waals surface area contributed by atoms with E-state index in [-0.39, 0.29) is 11.0 Å². The molecule has 3 nitrogen and oxygen atoms in total. The summed E-state index contributed by atoms with van der Waals surface area (Å²) in [7, 11) is 0. The molecule has 1 heterocycles. The molecule has 2 N–H and O–H groups in total. The minimum absolute atomic E-state index is 0.00260. The summed E-state index contributed by atoms with van der Waals surface area (Å²) in [5.74, 6) is 0. The fourth-order valence-corrected chi connectivity index (χ4v) is 1.56. The molecular weight excluding hydrogens is 224 g/mol. The number of aliphatic hydroxyl groups is 1. The maximum atomic E-state index is 10.1. The van der Waals surface area contributed by atoms with Crippen LogP contribution in [0.15, 0.2) is 18.2 Å². The van der Waals surface area contributed by atoms with E-state index in [4.69, 9.17) is 0 Å². The molecule has 1 rings (SSSR count). The zero-order chi connectivity index (χ0) is 14.0. The van der Waals surface area contributed by atoms with Gasteiger partial charge < -0.3 is 10.4 Å². The number of hydrogen-bond donors (Lipinski definition) is 2. The molecule has 0 aliphatic heterocycles. The average molecular weight is 250 g/mol. The van der Waals surface area contributed by atoms with E-state index < -0.39 is 6.10 Å². The Labute approximate surface area is 111 Å². The van der Waals surface area contributed by atoms with Crippen molar-refractivity contribution in [1.29, 1.82) is 0 Å². The van der Waals surface area contributed by atoms with Crippen molar-refractivity contribution in [3.63, 3.8) is 0 Å². The van der Waals surface area contributed by atoms with Gasteiger partial charge in [0.2, 0.25) is 0 Å². The lowest BCUT2D eigenvalue weighted by Gasteiger charge is -2.24. The van der Waals surface area contributed by atoms with Crippen LogP contribution in [0, 0.1) is 0 Å². The SMILES string of the molecule is CC(C)(C)NCC(O)c1cccc(C(C)(C)C)n1. The first kappa shape index (κ1) is 15.1. The molecular formula is C15H26N2O. The van der Waals surface area contributed by atoms with Crippen molar-refractivity contribution in [1.82, 2.24) is 10.3 Å². The maximum absolute atomic E-state index is 10.1. The first-order valence-electron chi connectivity index (χ1n) is 6.50. The predicted octanol–water partition coefficient (Wildman–Crippen LogP) is 2.80. The summed E-state index contributed by atoms with van der Waals surface area (Å²) in [6, 6.07) is 5.85. The van der Waals surface area contributed by atoms with Gasteiger partial charge in [0.05, 0.1) is 5.69 Å². The fraction of sp³-hybridized carbons (Fsp3) is 0.667. The first-order chi connectivity index (χ1) is 8.09. The van der Waals surface area contributed by atoms with Crippen LogP contribution in [0.25, 0.3) is 0 Å². The van der Waals surface area contributed by atoms with Crippen molar-refractivity contribution in [3.05, 3.63) is 29.6 Å². The number of aromatic nitrogens is 1. The van der Waals surface area contributed by atoms with Gasteiger partial charge in [-0.2, -0.15) is 0 Å². The topological polar surface area (TPSA) is 45.1 Å². The molecule has 0 aliphatic rings. The Kier molecular flexibility index (Phi) is 4.51. The Morgan fingerprint density at radius 3 is 2.28 bits per heavy atom. The van der Waals surface area contributed by atoms with Gasteiger partial charge in [-0.05, 0) is 32.9 Å². The number of β-amino-alcohol motifs (C(OH)–C–C–N with tert-alkyl or cyclic N) is 1. The second-order valence-corrected chi connectivity index (χ2v) is 6.84. The molecule has 1 aromatic heterocycles. The summed E-state index contributed by atoms with van der Waals surface area (Å²) in [6.07, 6.45) is -0.563. The van der Waals surface area contributed by atoms with Crippen LogP contribution in [-0.4, -0.2) is 22.2 Å². The predicted molar refractivity (Wildman–Crippen MR) is 75.7 cm³/mol. The van der Waals surface area contributed by atoms with Crippen LogP contribution >= 0.6 is 0 Å². The van der Waals surface area contributed by atoms with E-state index in [2.05, 4.69) is 51.8 Å². The summed E-state index contributed by atoms with van der Waals surface area (Å²) in [5, 5.41) is 13.4. The molecule has 0 saturated heterocycles. The lowest BCUT2D eigenvalue weighted by Crippen LogP contribution is -2.38. The molecule has 102 valence electrons. The van der Waals surface area contributed by atoms with E-state index in [1.807, 2.05) is 18.2 Å². The van der Waals surface area contributed by atoms with Crippen LogP contribution in [0.2, 0.25) is 0 Å². The number of nitrogens with zero attached hydrogens (tertiary/aromatic N) is 1. The van der Waals surface area contributed by atoms with Gasteiger partial charge >= 0.3 is 0 Å². The van der Waals surface area contributed by atoms with Gasteiger partial charge in [0, 0.05) is 23.2 Å². The van der Waals surface area contributed by atoms with Crippen molar-refractivity contribution >= 4 is 0 Å². The van der Waals surface area contributed by atoms with Crippen LogP contribution in [0.4, 0.5) is 0 Å². The second kappa shape index (κ2) is 5.37. The zero-order valence-corrected chi connectivity index (χ0v) is 12.4. The number of hydrogen-bond acceptors (Lipinski definition) is 3. The molecule has 0 fully saturated rings. The van der Waals surface area contributed by atoms with Crippen LogP contribution < -0.4 is 5.32 Å². The van der Waals surface area contributed by atoms with E-state index in [0.717, 1.165) is 11.4 Å². The van der Waals surface area contributed by atoms with Gasteiger partial charge in [-0.15, -0.1) is 0 Å². The number of aliphatic hydroxyl groups excluding tert-OH is 1. The van der Waals surface area contributed by atoms with Gasteiger partial charge in [-0.3, -0.25) is 4.98 Å². The lowest BCUT2D eigenvalue weighted by atomic mass is 9.91. The smallest absolute Gasteiger partial charge is 0.108 e. The highest BCUT2D eigenvalue weighted by Crippen LogP contribution is 2.21. The van der Waals surface area contributed by atoms with E-state index in [9.17, 15) is 5.11 Å². The molecule has 0 bridgehead atoms. The molecule has 1 unspecified atom stereocenters. The summed E-state index contributed by atoms with van der Waals surface area (Å²) < 4.78 is 0. The third kappa shape index (κ3) is 4.75. The van der Waals surface area contributed by atoms with Gasteiger partial charge in [0.15, 0.2) is 0 Å². The van der Waals surface area contributed by atoms with Crippen LogP contribution in [-0.2, 0) is 5.41 Å². The maximum Gasteiger partial charge on any atom is 0.108 e. The van der Waals surface area contributed by atoms with Crippen molar-refractivity contribution in [3.8, 4) is 0 Å². The minimum Gasteiger partial charge on any atom is -0.385 e. The Morgan fingerprint density at radius 2 is 1.78 bits per heavy atom. The van der Waals surface area contributed by atoms with Gasteiger partial charge in [0.1, 0.15) is 6.10 Å². The van der Waals surface area contributed by atoms with E-state index in [1.54, 1.807) is 0 Å². The molecule has 0 amide bonds. The Bertz CT molecular complexity index is 388. The van der Waals surface area contributed by atoms with E-state index in [0.29, 0.717) is 6.54 Å². The molecule has 0 aromatic carbocycles. The normalized spacial score (nSPS) is 14.6. The number of pyridine rings is 1. The highest BCUT2D eigenvalue weighted by atomic mass is 16.3. The number of nitrogens with one attached hydrogen (secondary N) is 1. The standard InChI is InChI=1S/C15H26N2O/c1-14(2,3)13-9-7-8-11(17-13)12(18)10-16-15(4,5)6/h7-9,12,16,18H,10H2,1-6H3. The van der Waals surface area contributed by atoms with Crippen LogP contribution in [0.5, 0.6) is 0 Å². The molecule has 3 heteroatoms. The molecule has 0 spiro atoms.